The topological polar surface area (TPSA) is 12.0 Å². The van der Waals surface area contributed by atoms with Gasteiger partial charge >= 0.3 is 0 Å². The van der Waals surface area contributed by atoms with Gasteiger partial charge in [-0.05, 0) is 31.8 Å². The first-order chi connectivity index (χ1) is 5.72. The Balaban J connectivity index is 3.55. The van der Waals surface area contributed by atoms with E-state index in [1.54, 1.807) is 0 Å². The Bertz CT molecular complexity index is 81.0. The van der Waals surface area contributed by atoms with Gasteiger partial charge in [-0.1, -0.05) is 40.0 Å². The first-order valence-corrected chi connectivity index (χ1v) is 5.37. The monoisotopic (exact) mass is 171 g/mol. The second-order valence-electron chi connectivity index (χ2n) is 4.04. The zero-order chi connectivity index (χ0) is 9.40. The minimum absolute atomic E-state index is 0.852. The molecule has 0 saturated carbocycles. The van der Waals surface area contributed by atoms with E-state index in [2.05, 4.69) is 26.1 Å². The first-order valence-electron chi connectivity index (χ1n) is 5.37. The summed E-state index contributed by atoms with van der Waals surface area (Å²) < 4.78 is 0. The molecule has 12 heavy (non-hydrogen) atoms. The predicted molar refractivity (Wildman–Crippen MR) is 56.4 cm³/mol. The standard InChI is InChI=1S/C11H25N/c1-5-6-7-11(10(2)3)8-9-12-4/h10-12H,5-9H2,1-4H3. The molecule has 0 aromatic heterocycles. The van der Waals surface area contributed by atoms with E-state index in [0.717, 1.165) is 11.8 Å². The second kappa shape index (κ2) is 7.60. The molecule has 0 aliphatic heterocycles. The largest absolute Gasteiger partial charge is 0.320 e. The van der Waals surface area contributed by atoms with Crippen LogP contribution >= 0.6 is 0 Å². The van der Waals surface area contributed by atoms with E-state index in [4.69, 9.17) is 0 Å². The zero-order valence-electron chi connectivity index (χ0n) is 9.19. The predicted octanol–water partition coefficient (Wildman–Crippen LogP) is 3.06. The third kappa shape index (κ3) is 5.59. The Hall–Kier alpha value is -0.0400. The van der Waals surface area contributed by atoms with Crippen LogP contribution in [0.1, 0.15) is 46.5 Å². The first kappa shape index (κ1) is 12.0. The molecular weight excluding hydrogens is 146 g/mol. The van der Waals surface area contributed by atoms with Crippen LogP contribution in [-0.4, -0.2) is 13.6 Å². The molecule has 1 heteroatoms. The molecule has 1 nitrogen and oxygen atoms in total. The molecule has 0 fully saturated rings. The van der Waals surface area contributed by atoms with Crippen LogP contribution in [0, 0.1) is 11.8 Å². The summed E-state index contributed by atoms with van der Waals surface area (Å²) in [5.41, 5.74) is 0. The van der Waals surface area contributed by atoms with Gasteiger partial charge in [0.2, 0.25) is 0 Å². The van der Waals surface area contributed by atoms with Crippen LogP contribution in [0.5, 0.6) is 0 Å². The Labute approximate surface area is 77.9 Å². The average Bonchev–Trinajstić information content (AvgIpc) is 2.04. The lowest BCUT2D eigenvalue weighted by atomic mass is 9.88. The van der Waals surface area contributed by atoms with E-state index in [1.807, 2.05) is 7.05 Å². The van der Waals surface area contributed by atoms with Gasteiger partial charge < -0.3 is 5.32 Å². The van der Waals surface area contributed by atoms with Crippen molar-refractivity contribution in [2.75, 3.05) is 13.6 Å². The van der Waals surface area contributed by atoms with Gasteiger partial charge in [0.15, 0.2) is 0 Å². The van der Waals surface area contributed by atoms with E-state index in [-0.39, 0.29) is 0 Å². The molecule has 0 aliphatic rings. The van der Waals surface area contributed by atoms with Crippen molar-refractivity contribution in [2.24, 2.45) is 11.8 Å². The van der Waals surface area contributed by atoms with Crippen LogP contribution in [0.3, 0.4) is 0 Å². The maximum Gasteiger partial charge on any atom is -0.00492 e. The molecule has 74 valence electrons. The Kier molecular flexibility index (Phi) is 7.58. The van der Waals surface area contributed by atoms with E-state index < -0.39 is 0 Å². The van der Waals surface area contributed by atoms with Crippen molar-refractivity contribution >= 4 is 0 Å². The quantitative estimate of drug-likeness (QED) is 0.621. The Morgan fingerprint density at radius 3 is 2.25 bits per heavy atom. The summed E-state index contributed by atoms with van der Waals surface area (Å²) in [6.07, 6.45) is 5.49. The van der Waals surface area contributed by atoms with Gasteiger partial charge in [0.25, 0.3) is 0 Å². The van der Waals surface area contributed by atoms with Crippen LogP contribution in [0.2, 0.25) is 0 Å². The molecule has 0 aliphatic carbocycles. The van der Waals surface area contributed by atoms with Crippen molar-refractivity contribution in [2.45, 2.75) is 46.5 Å². The molecule has 1 unspecified atom stereocenters. The summed E-state index contributed by atoms with van der Waals surface area (Å²) in [6, 6.07) is 0. The van der Waals surface area contributed by atoms with Crippen molar-refractivity contribution < 1.29 is 0 Å². The highest BCUT2D eigenvalue weighted by Crippen LogP contribution is 2.20. The number of hydrogen-bond acceptors (Lipinski definition) is 1. The maximum absolute atomic E-state index is 3.23. The van der Waals surface area contributed by atoms with Crippen LogP contribution in [0.25, 0.3) is 0 Å². The highest BCUT2D eigenvalue weighted by molar-refractivity contribution is 4.64. The van der Waals surface area contributed by atoms with Crippen LogP contribution in [0.4, 0.5) is 0 Å². The molecule has 1 N–H and O–H groups in total. The van der Waals surface area contributed by atoms with Gasteiger partial charge in [0.05, 0.1) is 0 Å². The second-order valence-corrected chi connectivity index (χ2v) is 4.04. The van der Waals surface area contributed by atoms with E-state index in [1.165, 1.54) is 32.2 Å². The Morgan fingerprint density at radius 1 is 1.17 bits per heavy atom. The fourth-order valence-electron chi connectivity index (χ4n) is 1.61. The summed E-state index contributed by atoms with van der Waals surface area (Å²) in [6.45, 7) is 8.13. The number of unbranched alkanes of at least 4 members (excludes halogenated alkanes) is 1. The molecule has 0 saturated heterocycles. The van der Waals surface area contributed by atoms with Crippen LogP contribution < -0.4 is 5.32 Å². The normalized spacial score (nSPS) is 13.8. The van der Waals surface area contributed by atoms with Crippen LogP contribution in [0.15, 0.2) is 0 Å². The molecular formula is C11H25N. The van der Waals surface area contributed by atoms with Crippen LogP contribution in [-0.2, 0) is 0 Å². The summed E-state index contributed by atoms with van der Waals surface area (Å²) in [4.78, 5) is 0. The highest BCUT2D eigenvalue weighted by atomic mass is 14.8. The lowest BCUT2D eigenvalue weighted by Crippen LogP contribution is -2.17. The zero-order valence-corrected chi connectivity index (χ0v) is 9.19. The minimum Gasteiger partial charge on any atom is -0.320 e. The fourth-order valence-corrected chi connectivity index (χ4v) is 1.61. The van der Waals surface area contributed by atoms with Gasteiger partial charge in [-0.2, -0.15) is 0 Å². The third-order valence-electron chi connectivity index (χ3n) is 2.64. The molecule has 0 heterocycles. The SMILES string of the molecule is CCCCC(CCNC)C(C)C. The molecule has 1 atom stereocenters. The Morgan fingerprint density at radius 2 is 1.83 bits per heavy atom. The molecule has 0 bridgehead atoms. The maximum atomic E-state index is 3.23. The summed E-state index contributed by atoms with van der Waals surface area (Å²) in [5.74, 6) is 1.78. The van der Waals surface area contributed by atoms with Crippen molar-refractivity contribution in [1.82, 2.24) is 5.32 Å². The average molecular weight is 171 g/mol. The molecule has 0 amide bonds. The van der Waals surface area contributed by atoms with Gasteiger partial charge in [0, 0.05) is 0 Å². The van der Waals surface area contributed by atoms with Crippen molar-refractivity contribution in [3.05, 3.63) is 0 Å². The third-order valence-corrected chi connectivity index (χ3v) is 2.64. The van der Waals surface area contributed by atoms with Crippen molar-refractivity contribution in [3.8, 4) is 0 Å². The lowest BCUT2D eigenvalue weighted by Gasteiger charge is -2.20. The van der Waals surface area contributed by atoms with Crippen molar-refractivity contribution in [3.63, 3.8) is 0 Å². The fraction of sp³-hybridized carbons (Fsp3) is 1.00. The number of hydrogen-bond donors (Lipinski definition) is 1. The molecule has 0 aromatic rings. The van der Waals surface area contributed by atoms with Gasteiger partial charge in [-0.3, -0.25) is 0 Å². The minimum atomic E-state index is 0.852. The summed E-state index contributed by atoms with van der Waals surface area (Å²) >= 11 is 0. The van der Waals surface area contributed by atoms with Gasteiger partial charge in [-0.15, -0.1) is 0 Å². The van der Waals surface area contributed by atoms with Gasteiger partial charge in [-0.25, -0.2) is 0 Å². The molecule has 0 spiro atoms. The molecule has 0 rings (SSSR count). The summed E-state index contributed by atoms with van der Waals surface area (Å²) in [5, 5.41) is 3.23. The molecule has 0 aromatic carbocycles. The van der Waals surface area contributed by atoms with E-state index >= 15 is 0 Å². The number of rotatable bonds is 7. The van der Waals surface area contributed by atoms with Gasteiger partial charge in [0.1, 0.15) is 0 Å². The molecule has 0 radical (unpaired) electrons. The summed E-state index contributed by atoms with van der Waals surface area (Å²) in [7, 11) is 2.04. The van der Waals surface area contributed by atoms with E-state index in [0.29, 0.717) is 0 Å². The smallest absolute Gasteiger partial charge is 0.00492 e. The van der Waals surface area contributed by atoms with E-state index in [9.17, 15) is 0 Å². The number of nitrogens with one attached hydrogen (secondary N) is 1. The van der Waals surface area contributed by atoms with Crippen molar-refractivity contribution in [1.29, 1.82) is 0 Å². The highest BCUT2D eigenvalue weighted by Gasteiger charge is 2.11. The lowest BCUT2D eigenvalue weighted by molar-refractivity contribution is 0.326.